The van der Waals surface area contributed by atoms with E-state index in [9.17, 15) is 14.4 Å². The predicted octanol–water partition coefficient (Wildman–Crippen LogP) is 3.77. The Morgan fingerprint density at radius 3 is 2.97 bits per heavy atom. The number of pyridine rings is 2. The van der Waals surface area contributed by atoms with Gasteiger partial charge in [0.1, 0.15) is 11.1 Å². The summed E-state index contributed by atoms with van der Waals surface area (Å²) in [4.78, 5) is 18.2. The lowest BCUT2D eigenvalue weighted by Gasteiger charge is -2.14. The van der Waals surface area contributed by atoms with E-state index in [4.69, 9.17) is 4.74 Å². The topological polar surface area (TPSA) is 101 Å². The number of nitriles is 1. The van der Waals surface area contributed by atoms with Gasteiger partial charge >= 0.3 is 6.09 Å². The van der Waals surface area contributed by atoms with Crippen LogP contribution in [0.2, 0.25) is 0 Å². The predicted molar refractivity (Wildman–Crippen MR) is 117 cm³/mol. The number of amides is 1. The van der Waals surface area contributed by atoms with Crippen molar-refractivity contribution in [3.8, 4) is 17.2 Å². The molecule has 0 N–H and O–H groups in total. The van der Waals surface area contributed by atoms with E-state index < -0.39 is 5.82 Å². The molecule has 0 aromatic carbocycles. The highest BCUT2D eigenvalue weighted by Crippen LogP contribution is 2.36. The first-order valence-corrected chi connectivity index (χ1v) is 11.0. The molecular weight excluding hydrogens is 445 g/mol. The average Bonchev–Trinajstić information content (AvgIpc) is 3.58. The van der Waals surface area contributed by atoms with Crippen LogP contribution in [0.25, 0.3) is 16.6 Å². The van der Waals surface area contributed by atoms with E-state index >= 15 is 0 Å². The number of rotatable bonds is 4. The number of carbonyl (C=O) groups excluding carboxylic acids is 1. The quantitative estimate of drug-likeness (QED) is 0.454. The molecule has 0 spiro atoms. The molecule has 1 atom stereocenters. The number of hydrogen-bond donors (Lipinski definition) is 0. The van der Waals surface area contributed by atoms with Gasteiger partial charge in [0, 0.05) is 47.7 Å². The largest absolute Gasteiger partial charge is 0.453 e. The van der Waals surface area contributed by atoms with Crippen molar-refractivity contribution in [2.75, 3.05) is 20.2 Å². The lowest BCUT2D eigenvalue weighted by atomic mass is 10.1. The second kappa shape index (κ2) is 8.55. The number of nitrogens with zero attached hydrogens (tertiary/aromatic N) is 7. The zero-order valence-electron chi connectivity index (χ0n) is 17.6. The molecule has 33 heavy (non-hydrogen) atoms. The Balaban J connectivity index is 1.50. The first-order chi connectivity index (χ1) is 16.1. The Morgan fingerprint density at radius 1 is 1.30 bits per heavy atom. The molecule has 5 rings (SSSR count). The van der Waals surface area contributed by atoms with Gasteiger partial charge in [-0.05, 0) is 24.6 Å². The van der Waals surface area contributed by atoms with Crippen LogP contribution in [0.15, 0.2) is 59.1 Å². The maximum atomic E-state index is 14.3. The summed E-state index contributed by atoms with van der Waals surface area (Å²) in [6.07, 6.45) is 8.92. The molecule has 4 aromatic rings. The first kappa shape index (κ1) is 21.0. The van der Waals surface area contributed by atoms with Gasteiger partial charge in [-0.1, -0.05) is 11.8 Å². The van der Waals surface area contributed by atoms with E-state index in [0.29, 0.717) is 29.1 Å². The van der Waals surface area contributed by atoms with Crippen molar-refractivity contribution >= 4 is 23.4 Å². The Morgan fingerprint density at radius 2 is 2.18 bits per heavy atom. The second-order valence-electron chi connectivity index (χ2n) is 7.52. The first-order valence-electron chi connectivity index (χ1n) is 10.1. The van der Waals surface area contributed by atoms with E-state index in [-0.39, 0.29) is 17.2 Å². The molecule has 0 radical (unpaired) electrons. The zero-order valence-corrected chi connectivity index (χ0v) is 18.4. The van der Waals surface area contributed by atoms with Crippen molar-refractivity contribution in [1.29, 1.82) is 5.26 Å². The fourth-order valence-corrected chi connectivity index (χ4v) is 4.87. The Labute approximate surface area is 192 Å². The van der Waals surface area contributed by atoms with E-state index in [0.717, 1.165) is 29.3 Å². The van der Waals surface area contributed by atoms with Crippen molar-refractivity contribution in [3.05, 3.63) is 60.6 Å². The third-order valence-corrected chi connectivity index (χ3v) is 6.56. The summed E-state index contributed by atoms with van der Waals surface area (Å²) >= 11 is 1.14. The molecule has 0 aliphatic carbocycles. The molecule has 166 valence electrons. The number of methoxy groups -OCH3 is 1. The van der Waals surface area contributed by atoms with E-state index in [1.165, 1.54) is 31.6 Å². The molecule has 9 nitrogen and oxygen atoms in total. The number of hydrogen-bond acceptors (Lipinski definition) is 7. The van der Waals surface area contributed by atoms with Crippen molar-refractivity contribution in [2.24, 2.45) is 0 Å². The van der Waals surface area contributed by atoms with Gasteiger partial charge in [0.25, 0.3) is 0 Å². The molecule has 1 aliphatic heterocycles. The molecule has 0 saturated carbocycles. The molecule has 11 heteroatoms. The molecular formula is C22H18FN7O2S. The summed E-state index contributed by atoms with van der Waals surface area (Å²) in [5.41, 5.74) is 2.63. The summed E-state index contributed by atoms with van der Waals surface area (Å²) in [5, 5.41) is 18.5. The van der Waals surface area contributed by atoms with Crippen LogP contribution in [0.3, 0.4) is 0 Å². The van der Waals surface area contributed by atoms with E-state index in [2.05, 4.69) is 21.3 Å². The van der Waals surface area contributed by atoms with E-state index in [1.807, 2.05) is 23.1 Å². The van der Waals surface area contributed by atoms with Crippen LogP contribution in [-0.2, 0) is 4.74 Å². The summed E-state index contributed by atoms with van der Waals surface area (Å²) in [6.45, 7) is 1.14. The maximum Gasteiger partial charge on any atom is 0.409 e. The minimum Gasteiger partial charge on any atom is -0.453 e. The molecule has 5 heterocycles. The third kappa shape index (κ3) is 3.89. The minimum atomic E-state index is -0.437. The van der Waals surface area contributed by atoms with Crippen molar-refractivity contribution in [1.82, 2.24) is 29.3 Å². The van der Waals surface area contributed by atoms with E-state index in [1.54, 1.807) is 15.6 Å². The summed E-state index contributed by atoms with van der Waals surface area (Å²) in [5.74, 6) is -0.437. The van der Waals surface area contributed by atoms with Gasteiger partial charge < -0.3 is 9.64 Å². The molecule has 4 aromatic heterocycles. The highest BCUT2D eigenvalue weighted by molar-refractivity contribution is 7.99. The number of carbonyl (C=O) groups is 1. The number of likely N-dealkylation sites (tertiary alicyclic amines) is 1. The van der Waals surface area contributed by atoms with Crippen molar-refractivity contribution < 1.29 is 13.9 Å². The summed E-state index contributed by atoms with van der Waals surface area (Å²) in [6, 6.07) is 6.95. The van der Waals surface area contributed by atoms with Crippen molar-refractivity contribution in [2.45, 2.75) is 22.4 Å². The standard InChI is InChI=1S/C22H18FN7O2S/c1-32-22(31)28-6-4-17(13-28)29-12-16(10-26-29)14-7-19(33-21-18(23)3-2-5-25-21)20-15(8-24)9-27-30(20)11-14/h2-3,5,7,9-12,17H,4,6,13H2,1H3/t17-/m0/s1. The number of ether oxygens (including phenoxy) is 1. The zero-order chi connectivity index (χ0) is 22.9. The van der Waals surface area contributed by atoms with Crippen LogP contribution >= 0.6 is 11.8 Å². The van der Waals surface area contributed by atoms with Crippen molar-refractivity contribution in [3.63, 3.8) is 0 Å². The highest BCUT2D eigenvalue weighted by atomic mass is 32.2. The van der Waals surface area contributed by atoms with Crippen LogP contribution in [0.1, 0.15) is 18.0 Å². The van der Waals surface area contributed by atoms with Gasteiger partial charge in [-0.2, -0.15) is 15.5 Å². The Kier molecular flexibility index (Phi) is 5.43. The number of halogens is 1. The fraction of sp³-hybridized carbons (Fsp3) is 0.227. The number of fused-ring (bicyclic) bond motifs is 1. The Bertz CT molecular complexity index is 1390. The average molecular weight is 463 g/mol. The summed E-state index contributed by atoms with van der Waals surface area (Å²) in [7, 11) is 1.37. The van der Waals surface area contributed by atoms with Crippen LogP contribution in [0.4, 0.5) is 9.18 Å². The van der Waals surface area contributed by atoms with Gasteiger partial charge in [-0.15, -0.1) is 0 Å². The van der Waals surface area contributed by atoms with Gasteiger partial charge in [0.15, 0.2) is 5.82 Å². The van der Waals surface area contributed by atoms with Crippen LogP contribution in [0, 0.1) is 17.1 Å². The van der Waals surface area contributed by atoms with Gasteiger partial charge in [-0.25, -0.2) is 18.7 Å². The molecule has 0 bridgehead atoms. The minimum absolute atomic E-state index is 0.0490. The molecule has 1 amide bonds. The van der Waals surface area contributed by atoms with Crippen LogP contribution in [0.5, 0.6) is 0 Å². The Hall–Kier alpha value is -3.91. The highest BCUT2D eigenvalue weighted by Gasteiger charge is 2.28. The normalized spacial score (nSPS) is 15.7. The fourth-order valence-electron chi connectivity index (χ4n) is 3.89. The molecule has 1 fully saturated rings. The lowest BCUT2D eigenvalue weighted by molar-refractivity contribution is 0.131. The smallest absolute Gasteiger partial charge is 0.409 e. The van der Waals surface area contributed by atoms with Gasteiger partial charge in [0.05, 0.1) is 36.6 Å². The van der Waals surface area contributed by atoms with Crippen LogP contribution < -0.4 is 0 Å². The summed E-state index contributed by atoms with van der Waals surface area (Å²) < 4.78 is 22.5. The molecule has 1 saturated heterocycles. The van der Waals surface area contributed by atoms with Gasteiger partial charge in [-0.3, -0.25) is 4.68 Å². The lowest BCUT2D eigenvalue weighted by Crippen LogP contribution is -2.28. The third-order valence-electron chi connectivity index (χ3n) is 5.53. The monoisotopic (exact) mass is 463 g/mol. The number of aromatic nitrogens is 5. The van der Waals surface area contributed by atoms with Crippen LogP contribution in [-0.4, -0.2) is 55.6 Å². The maximum absolute atomic E-state index is 14.3. The molecule has 1 aliphatic rings. The SMILES string of the molecule is COC(=O)N1CC[C@H](n2cc(-c3cc(Sc4ncccc4F)c4c(C#N)cnn4c3)cn2)C1. The molecule has 0 unspecified atom stereocenters. The second-order valence-corrected chi connectivity index (χ2v) is 8.55. The van der Waals surface area contributed by atoms with Gasteiger partial charge in [0.2, 0.25) is 0 Å².